The molecule has 0 bridgehead atoms. The van der Waals surface area contributed by atoms with Crippen LogP contribution in [0.1, 0.15) is 42.1 Å². The van der Waals surface area contributed by atoms with Gasteiger partial charge in [-0.05, 0) is 31.9 Å². The number of benzene rings is 1. The van der Waals surface area contributed by atoms with Gasteiger partial charge in [-0.1, -0.05) is 24.6 Å². The highest BCUT2D eigenvalue weighted by Gasteiger charge is 2.35. The molecule has 0 radical (unpaired) electrons. The number of Topliss-reactive ketones (excluding diaryl/α,β-unsaturated/α-hetero) is 1. The number of nitrogens with two attached hydrogens (primary N) is 1. The molecule has 2 aromatic rings. The van der Waals surface area contributed by atoms with Crippen LogP contribution in [0.25, 0.3) is 5.69 Å². The highest BCUT2D eigenvalue weighted by Crippen LogP contribution is 2.25. The van der Waals surface area contributed by atoms with Crippen molar-refractivity contribution in [2.75, 3.05) is 12.3 Å². The van der Waals surface area contributed by atoms with Crippen LogP contribution in [0, 0.1) is 6.92 Å². The fourth-order valence-corrected chi connectivity index (χ4v) is 3.16. The Morgan fingerprint density at radius 3 is 2.67 bits per heavy atom. The van der Waals surface area contributed by atoms with E-state index in [1.54, 1.807) is 9.58 Å². The van der Waals surface area contributed by atoms with E-state index in [2.05, 4.69) is 5.10 Å². The number of ketones is 1. The molecule has 0 spiro atoms. The zero-order chi connectivity index (χ0) is 17.3. The molecule has 1 aliphatic rings. The van der Waals surface area contributed by atoms with Gasteiger partial charge >= 0.3 is 0 Å². The molecule has 1 amide bonds. The van der Waals surface area contributed by atoms with E-state index >= 15 is 0 Å². The number of aromatic nitrogens is 2. The maximum Gasteiger partial charge on any atom is 0.222 e. The average molecular weight is 326 g/mol. The number of amides is 1. The standard InChI is InChI=1S/C18H22N4O2/c1-3-16(23)21-10-4-5-15(21)17(24)14-11-20-22(18(14)19)13-8-6-12(2)7-9-13/h6-9,11,15H,3-5,10,19H2,1-2H3/t15-/m1/s1. The lowest BCUT2D eigenvalue weighted by Crippen LogP contribution is -2.40. The van der Waals surface area contributed by atoms with Gasteiger partial charge in [0, 0.05) is 13.0 Å². The van der Waals surface area contributed by atoms with Crippen LogP contribution in [0.5, 0.6) is 0 Å². The van der Waals surface area contributed by atoms with Gasteiger partial charge in [-0.2, -0.15) is 5.10 Å². The number of nitrogens with zero attached hydrogens (tertiary/aromatic N) is 3. The molecule has 126 valence electrons. The second-order valence-electron chi connectivity index (χ2n) is 6.15. The zero-order valence-electron chi connectivity index (χ0n) is 14.0. The Morgan fingerprint density at radius 2 is 2.00 bits per heavy atom. The summed E-state index contributed by atoms with van der Waals surface area (Å²) in [6, 6.07) is 7.34. The Balaban J connectivity index is 1.89. The second kappa shape index (κ2) is 6.47. The summed E-state index contributed by atoms with van der Waals surface area (Å²) in [6.07, 6.45) is 3.43. The molecule has 0 saturated carbocycles. The summed E-state index contributed by atoms with van der Waals surface area (Å²) in [5.41, 5.74) is 8.51. The van der Waals surface area contributed by atoms with Crippen LogP contribution < -0.4 is 5.73 Å². The van der Waals surface area contributed by atoms with Crippen molar-refractivity contribution in [2.24, 2.45) is 0 Å². The number of hydrogen-bond donors (Lipinski definition) is 1. The maximum atomic E-state index is 12.9. The number of aryl methyl sites for hydroxylation is 1. The van der Waals surface area contributed by atoms with Gasteiger partial charge in [0.25, 0.3) is 0 Å². The molecule has 6 heteroatoms. The molecule has 3 rings (SSSR count). The van der Waals surface area contributed by atoms with E-state index in [0.29, 0.717) is 30.8 Å². The molecule has 2 heterocycles. The van der Waals surface area contributed by atoms with Crippen LogP contribution in [0.4, 0.5) is 5.82 Å². The largest absolute Gasteiger partial charge is 0.383 e. The predicted molar refractivity (Wildman–Crippen MR) is 92.1 cm³/mol. The molecular weight excluding hydrogens is 304 g/mol. The van der Waals surface area contributed by atoms with Crippen molar-refractivity contribution in [2.45, 2.75) is 39.2 Å². The summed E-state index contributed by atoms with van der Waals surface area (Å²) in [6.45, 7) is 4.45. The Kier molecular flexibility index (Phi) is 4.38. The van der Waals surface area contributed by atoms with Gasteiger partial charge in [-0.25, -0.2) is 4.68 Å². The minimum absolute atomic E-state index is 0.00958. The number of carbonyl (C=O) groups excluding carboxylic acids is 2. The first kappa shape index (κ1) is 16.2. The Labute approximate surface area is 141 Å². The lowest BCUT2D eigenvalue weighted by molar-refractivity contribution is -0.131. The van der Waals surface area contributed by atoms with E-state index in [1.807, 2.05) is 38.1 Å². The summed E-state index contributed by atoms with van der Waals surface area (Å²) in [7, 11) is 0. The van der Waals surface area contributed by atoms with Gasteiger partial charge < -0.3 is 10.6 Å². The number of anilines is 1. The van der Waals surface area contributed by atoms with Crippen molar-refractivity contribution >= 4 is 17.5 Å². The molecule has 1 aromatic heterocycles. The molecule has 6 nitrogen and oxygen atoms in total. The molecule has 1 fully saturated rings. The van der Waals surface area contributed by atoms with E-state index in [9.17, 15) is 9.59 Å². The third-order valence-corrected chi connectivity index (χ3v) is 4.53. The molecular formula is C18H22N4O2. The molecule has 2 N–H and O–H groups in total. The van der Waals surface area contributed by atoms with Crippen molar-refractivity contribution in [3.63, 3.8) is 0 Å². The van der Waals surface area contributed by atoms with Crippen LogP contribution in [0.15, 0.2) is 30.5 Å². The van der Waals surface area contributed by atoms with Crippen LogP contribution in [0.3, 0.4) is 0 Å². The van der Waals surface area contributed by atoms with E-state index in [1.165, 1.54) is 6.20 Å². The predicted octanol–water partition coefficient (Wildman–Crippen LogP) is 2.35. The van der Waals surface area contributed by atoms with Gasteiger partial charge in [0.05, 0.1) is 23.5 Å². The van der Waals surface area contributed by atoms with E-state index < -0.39 is 6.04 Å². The van der Waals surface area contributed by atoms with Crippen LogP contribution >= 0.6 is 0 Å². The molecule has 0 unspecified atom stereocenters. The van der Waals surface area contributed by atoms with Gasteiger partial charge in [-0.15, -0.1) is 0 Å². The molecule has 1 aromatic carbocycles. The number of rotatable bonds is 4. The van der Waals surface area contributed by atoms with Crippen LogP contribution in [0.2, 0.25) is 0 Å². The van der Waals surface area contributed by atoms with Gasteiger partial charge in [0.2, 0.25) is 5.91 Å². The minimum Gasteiger partial charge on any atom is -0.383 e. The number of hydrogen-bond acceptors (Lipinski definition) is 4. The SMILES string of the molecule is CCC(=O)N1CCC[C@@H]1C(=O)c1cnn(-c2ccc(C)cc2)c1N. The van der Waals surface area contributed by atoms with Crippen LogP contribution in [-0.4, -0.2) is 39.0 Å². The Bertz CT molecular complexity index is 764. The van der Waals surface area contributed by atoms with Crippen molar-refractivity contribution < 1.29 is 9.59 Å². The summed E-state index contributed by atoms with van der Waals surface area (Å²) < 4.78 is 1.56. The van der Waals surface area contributed by atoms with Gasteiger partial charge in [0.15, 0.2) is 5.78 Å². The van der Waals surface area contributed by atoms with Gasteiger partial charge in [-0.3, -0.25) is 9.59 Å². The highest BCUT2D eigenvalue weighted by atomic mass is 16.2. The summed E-state index contributed by atoms with van der Waals surface area (Å²) in [4.78, 5) is 26.6. The summed E-state index contributed by atoms with van der Waals surface area (Å²) >= 11 is 0. The third-order valence-electron chi connectivity index (χ3n) is 4.53. The lowest BCUT2D eigenvalue weighted by atomic mass is 10.0. The van der Waals surface area contributed by atoms with E-state index in [0.717, 1.165) is 17.7 Å². The Morgan fingerprint density at radius 1 is 1.29 bits per heavy atom. The number of nitrogen functional groups attached to an aromatic ring is 1. The first-order valence-electron chi connectivity index (χ1n) is 8.27. The Hall–Kier alpha value is -2.63. The third kappa shape index (κ3) is 2.79. The highest BCUT2D eigenvalue weighted by molar-refractivity contribution is 6.05. The lowest BCUT2D eigenvalue weighted by Gasteiger charge is -2.23. The minimum atomic E-state index is -0.421. The van der Waals surface area contributed by atoms with Crippen molar-refractivity contribution in [1.29, 1.82) is 0 Å². The smallest absolute Gasteiger partial charge is 0.222 e. The average Bonchev–Trinajstić information content (AvgIpc) is 3.21. The quantitative estimate of drug-likeness (QED) is 0.875. The topological polar surface area (TPSA) is 81.2 Å². The molecule has 0 aliphatic carbocycles. The summed E-state index contributed by atoms with van der Waals surface area (Å²) in [5.74, 6) is 0.208. The fourth-order valence-electron chi connectivity index (χ4n) is 3.16. The van der Waals surface area contributed by atoms with E-state index in [4.69, 9.17) is 5.73 Å². The molecule has 1 aliphatic heterocycles. The van der Waals surface area contributed by atoms with Gasteiger partial charge in [0.1, 0.15) is 5.82 Å². The first-order chi connectivity index (χ1) is 11.5. The number of carbonyl (C=O) groups is 2. The zero-order valence-corrected chi connectivity index (χ0v) is 14.0. The van der Waals surface area contributed by atoms with Crippen molar-refractivity contribution in [1.82, 2.24) is 14.7 Å². The summed E-state index contributed by atoms with van der Waals surface area (Å²) in [5, 5.41) is 4.27. The maximum absolute atomic E-state index is 12.9. The normalized spacial score (nSPS) is 17.2. The molecule has 1 atom stereocenters. The first-order valence-corrected chi connectivity index (χ1v) is 8.27. The molecule has 1 saturated heterocycles. The molecule has 24 heavy (non-hydrogen) atoms. The fraction of sp³-hybridized carbons (Fsp3) is 0.389. The monoisotopic (exact) mass is 326 g/mol. The van der Waals surface area contributed by atoms with E-state index in [-0.39, 0.29) is 11.7 Å². The van der Waals surface area contributed by atoms with Crippen LogP contribution in [-0.2, 0) is 4.79 Å². The van der Waals surface area contributed by atoms with Crippen molar-refractivity contribution in [3.05, 3.63) is 41.6 Å². The second-order valence-corrected chi connectivity index (χ2v) is 6.15. The van der Waals surface area contributed by atoms with Crippen molar-refractivity contribution in [3.8, 4) is 5.69 Å². The number of likely N-dealkylation sites (tertiary alicyclic amines) is 1.